The molecule has 0 fully saturated rings. The van der Waals surface area contributed by atoms with E-state index in [1.165, 1.54) is 15.3 Å². The third-order valence-electron chi connectivity index (χ3n) is 5.37. The van der Waals surface area contributed by atoms with Crippen LogP contribution in [0.15, 0.2) is 48.5 Å². The molecule has 1 N–H and O–H groups in total. The Kier molecular flexibility index (Phi) is 9.61. The lowest BCUT2D eigenvalue weighted by molar-refractivity contribution is -0.140. The summed E-state index contributed by atoms with van der Waals surface area (Å²) in [4.78, 5) is 27.1. The number of sulfonamides is 1. The lowest BCUT2D eigenvalue weighted by atomic mass is 10.1. The average molecular weight is 492 g/mol. The second kappa shape index (κ2) is 12.0. The van der Waals surface area contributed by atoms with Crippen LogP contribution < -0.4 is 9.62 Å². The number of carbonyl (C=O) groups is 2. The van der Waals surface area contributed by atoms with Crippen LogP contribution in [0.1, 0.15) is 44.7 Å². The molecule has 0 bridgehead atoms. The third kappa shape index (κ3) is 7.83. The first-order valence-electron chi connectivity index (χ1n) is 11.3. The molecular weight excluding hydrogens is 457 g/mol. The zero-order valence-electron chi connectivity index (χ0n) is 20.4. The van der Waals surface area contributed by atoms with Crippen LogP contribution >= 0.6 is 0 Å². The fourth-order valence-corrected chi connectivity index (χ4v) is 4.48. The predicted molar refractivity (Wildman–Crippen MR) is 132 cm³/mol. The summed E-state index contributed by atoms with van der Waals surface area (Å²) in [5, 5.41) is 2.78. The molecule has 2 rings (SSSR count). The molecular formula is C25H34FN3O4S. The molecule has 0 unspecified atom stereocenters. The molecule has 0 saturated carbocycles. The summed E-state index contributed by atoms with van der Waals surface area (Å²) >= 11 is 0. The zero-order chi connectivity index (χ0) is 25.5. The molecule has 0 radical (unpaired) electrons. The monoisotopic (exact) mass is 491 g/mol. The van der Waals surface area contributed by atoms with Gasteiger partial charge in [0.05, 0.1) is 11.9 Å². The van der Waals surface area contributed by atoms with Gasteiger partial charge in [-0.25, -0.2) is 12.8 Å². The highest BCUT2D eigenvalue weighted by molar-refractivity contribution is 7.92. The molecule has 186 valence electrons. The van der Waals surface area contributed by atoms with Crippen molar-refractivity contribution in [3.05, 3.63) is 65.5 Å². The molecule has 34 heavy (non-hydrogen) atoms. The predicted octanol–water partition coefficient (Wildman–Crippen LogP) is 3.62. The average Bonchev–Trinajstić information content (AvgIpc) is 2.75. The van der Waals surface area contributed by atoms with Gasteiger partial charge in [-0.2, -0.15) is 0 Å². The minimum absolute atomic E-state index is 0.00559. The van der Waals surface area contributed by atoms with Gasteiger partial charge >= 0.3 is 0 Å². The van der Waals surface area contributed by atoms with Crippen molar-refractivity contribution in [2.75, 3.05) is 17.1 Å². The second-order valence-electron chi connectivity index (χ2n) is 8.73. The van der Waals surface area contributed by atoms with Crippen molar-refractivity contribution in [3.63, 3.8) is 0 Å². The Bertz CT molecular complexity index is 1090. The number of nitrogens with zero attached hydrogens (tertiary/aromatic N) is 2. The van der Waals surface area contributed by atoms with E-state index in [0.717, 1.165) is 11.8 Å². The highest BCUT2D eigenvalue weighted by Crippen LogP contribution is 2.20. The van der Waals surface area contributed by atoms with Gasteiger partial charge in [-0.1, -0.05) is 35.9 Å². The van der Waals surface area contributed by atoms with Gasteiger partial charge in [-0.3, -0.25) is 13.9 Å². The van der Waals surface area contributed by atoms with Gasteiger partial charge in [0, 0.05) is 31.1 Å². The number of hydrogen-bond acceptors (Lipinski definition) is 4. The van der Waals surface area contributed by atoms with E-state index in [1.807, 2.05) is 32.9 Å². The first-order valence-corrected chi connectivity index (χ1v) is 13.1. The molecule has 2 aromatic rings. The van der Waals surface area contributed by atoms with Gasteiger partial charge in [0.15, 0.2) is 0 Å². The highest BCUT2D eigenvalue weighted by atomic mass is 32.2. The number of benzene rings is 2. The van der Waals surface area contributed by atoms with Crippen LogP contribution in [0.4, 0.5) is 10.1 Å². The Morgan fingerprint density at radius 2 is 1.65 bits per heavy atom. The number of hydrogen-bond donors (Lipinski definition) is 1. The Labute approximate surface area is 202 Å². The molecule has 1 atom stereocenters. The van der Waals surface area contributed by atoms with Gasteiger partial charge in [0.25, 0.3) is 0 Å². The summed E-state index contributed by atoms with van der Waals surface area (Å²) in [6.07, 6.45) is 1.37. The Hall–Kier alpha value is -2.94. The number of halogens is 1. The number of carbonyl (C=O) groups excluding carboxylic acids is 2. The summed E-state index contributed by atoms with van der Waals surface area (Å²) in [5.74, 6) is -1.15. The molecule has 0 aliphatic carbocycles. The van der Waals surface area contributed by atoms with Crippen LogP contribution in [0, 0.1) is 12.7 Å². The summed E-state index contributed by atoms with van der Waals surface area (Å²) in [6, 6.07) is 12.3. The van der Waals surface area contributed by atoms with Crippen molar-refractivity contribution in [2.45, 2.75) is 59.2 Å². The van der Waals surface area contributed by atoms with E-state index < -0.39 is 21.9 Å². The first kappa shape index (κ1) is 27.3. The van der Waals surface area contributed by atoms with E-state index in [4.69, 9.17) is 0 Å². The fourth-order valence-electron chi connectivity index (χ4n) is 3.51. The van der Waals surface area contributed by atoms with Gasteiger partial charge in [-0.05, 0) is 52.3 Å². The van der Waals surface area contributed by atoms with Gasteiger partial charge in [0.2, 0.25) is 21.8 Å². The molecule has 0 aliphatic heterocycles. The number of anilines is 1. The molecule has 2 aromatic carbocycles. The number of nitrogens with one attached hydrogen (secondary N) is 1. The van der Waals surface area contributed by atoms with E-state index in [-0.39, 0.29) is 43.8 Å². The van der Waals surface area contributed by atoms with Crippen molar-refractivity contribution >= 4 is 27.5 Å². The Morgan fingerprint density at radius 3 is 2.21 bits per heavy atom. The van der Waals surface area contributed by atoms with Crippen molar-refractivity contribution in [1.29, 1.82) is 0 Å². The standard InChI is InChI=1S/C25H34FN3O4S/c1-18(2)27-25(31)20(4)28(17-21-9-6-7-10-23(21)26)24(30)11-8-16-29(34(5,32)33)22-14-12-19(3)13-15-22/h6-7,9-10,12-15,18,20H,8,11,16-17H2,1-5H3,(H,27,31)/t20-/m0/s1. The van der Waals surface area contributed by atoms with Crippen LogP contribution in [0.5, 0.6) is 0 Å². The molecule has 0 aromatic heterocycles. The molecule has 0 heterocycles. The smallest absolute Gasteiger partial charge is 0.242 e. The number of aryl methyl sites for hydroxylation is 1. The van der Waals surface area contributed by atoms with Crippen LogP contribution in [-0.2, 0) is 26.2 Å². The normalized spacial score (nSPS) is 12.3. The summed E-state index contributed by atoms with van der Waals surface area (Å²) in [6.45, 7) is 7.19. The molecule has 0 saturated heterocycles. The number of amides is 2. The highest BCUT2D eigenvalue weighted by Gasteiger charge is 2.27. The second-order valence-corrected chi connectivity index (χ2v) is 10.6. The summed E-state index contributed by atoms with van der Waals surface area (Å²) < 4.78 is 40.2. The van der Waals surface area contributed by atoms with Crippen LogP contribution in [0.3, 0.4) is 0 Å². The van der Waals surface area contributed by atoms with E-state index in [1.54, 1.807) is 37.3 Å². The van der Waals surface area contributed by atoms with Crippen LogP contribution in [0.2, 0.25) is 0 Å². The van der Waals surface area contributed by atoms with Gasteiger partial charge < -0.3 is 10.2 Å². The van der Waals surface area contributed by atoms with Gasteiger partial charge in [0.1, 0.15) is 11.9 Å². The minimum Gasteiger partial charge on any atom is -0.352 e. The fraction of sp³-hybridized carbons (Fsp3) is 0.440. The maximum Gasteiger partial charge on any atom is 0.242 e. The lowest BCUT2D eigenvalue weighted by Crippen LogP contribution is -2.49. The van der Waals surface area contributed by atoms with Crippen molar-refractivity contribution in [1.82, 2.24) is 10.2 Å². The van der Waals surface area contributed by atoms with E-state index in [9.17, 15) is 22.4 Å². The van der Waals surface area contributed by atoms with Gasteiger partial charge in [-0.15, -0.1) is 0 Å². The first-order chi connectivity index (χ1) is 15.9. The zero-order valence-corrected chi connectivity index (χ0v) is 21.2. The van der Waals surface area contributed by atoms with Crippen molar-refractivity contribution in [3.8, 4) is 0 Å². The third-order valence-corrected chi connectivity index (χ3v) is 6.56. The maximum absolute atomic E-state index is 14.3. The molecule has 0 spiro atoms. The minimum atomic E-state index is -3.55. The van der Waals surface area contributed by atoms with E-state index in [2.05, 4.69) is 5.32 Å². The molecule has 0 aliphatic rings. The summed E-state index contributed by atoms with van der Waals surface area (Å²) in [7, 11) is -3.55. The quantitative estimate of drug-likeness (QED) is 0.520. The molecule has 2 amide bonds. The Balaban J connectivity index is 2.17. The van der Waals surface area contributed by atoms with E-state index in [0.29, 0.717) is 11.3 Å². The Morgan fingerprint density at radius 1 is 1.03 bits per heavy atom. The van der Waals surface area contributed by atoms with Crippen LogP contribution in [-0.4, -0.2) is 50.0 Å². The topological polar surface area (TPSA) is 86.8 Å². The lowest BCUT2D eigenvalue weighted by Gasteiger charge is -2.30. The van der Waals surface area contributed by atoms with Crippen LogP contribution in [0.25, 0.3) is 0 Å². The summed E-state index contributed by atoms with van der Waals surface area (Å²) in [5.41, 5.74) is 1.83. The van der Waals surface area contributed by atoms with E-state index >= 15 is 0 Å². The van der Waals surface area contributed by atoms with Crippen molar-refractivity contribution < 1.29 is 22.4 Å². The molecule has 7 nitrogen and oxygen atoms in total. The SMILES string of the molecule is Cc1ccc(N(CCCC(=O)N(Cc2ccccc2F)[C@@H](C)C(=O)NC(C)C)S(C)(=O)=O)cc1. The molecule has 9 heteroatoms. The number of rotatable bonds is 11. The maximum atomic E-state index is 14.3. The largest absolute Gasteiger partial charge is 0.352 e. The van der Waals surface area contributed by atoms with Crippen molar-refractivity contribution in [2.24, 2.45) is 0 Å².